The minimum atomic E-state index is -4.28. The third kappa shape index (κ3) is 51.6. The predicted octanol–water partition coefficient (Wildman–Crippen LogP) is 16.5. The minimum absolute atomic E-state index is 0.0864. The normalized spacial score (nSPS) is 13.8. The molecule has 0 aromatic carbocycles. The van der Waals surface area contributed by atoms with E-state index in [9.17, 15) is 14.3 Å². The topological polar surface area (TPSA) is 91.3 Å². The zero-order valence-corrected chi connectivity index (χ0v) is 43.2. The molecule has 0 bridgehead atoms. The van der Waals surface area contributed by atoms with E-state index >= 15 is 0 Å². The van der Waals surface area contributed by atoms with Crippen LogP contribution in [0.5, 0.6) is 0 Å². The molecule has 0 aliphatic rings. The standard InChI is InChI=1S/C54H104NO7P/c1-6-8-10-12-14-16-18-20-22-23-24-25-26-27-28-29-30-31-32-34-36-38-40-42-44-46-49-59-51-53(52-61-63(57,58)60-50-48-55(3,4)5)62-54(56)47-45-43-41-39-37-35-33-21-19-17-15-13-11-9-7-2/h15,17,21,23-24,33,53H,6-14,16,18-20,22,25-32,34-52H2,1-5H3/p+1/b17-15-,24-23-,33-21-. The maximum atomic E-state index is 12.7. The lowest BCUT2D eigenvalue weighted by Gasteiger charge is -2.24. The van der Waals surface area contributed by atoms with Crippen molar-refractivity contribution in [3.63, 3.8) is 0 Å². The fraction of sp³-hybridized carbons (Fsp3) is 0.870. The molecule has 9 heteroatoms. The highest BCUT2D eigenvalue weighted by Crippen LogP contribution is 2.43. The SMILES string of the molecule is CCCCC/C=C\C/C=C\CCCCCCCC(=O)OC(COCCCCCCCCCCCCCCCC/C=C\CCCCCCCCCC)COP(=O)(O)OCC[N+](C)(C)C. The quantitative estimate of drug-likeness (QED) is 0.0214. The van der Waals surface area contributed by atoms with Gasteiger partial charge < -0.3 is 18.9 Å². The molecule has 0 aromatic heterocycles. The van der Waals surface area contributed by atoms with E-state index in [4.69, 9.17) is 18.5 Å². The molecule has 63 heavy (non-hydrogen) atoms. The molecular formula is C54H105NO7P+. The van der Waals surface area contributed by atoms with Gasteiger partial charge in [-0.15, -0.1) is 0 Å². The molecular weight excluding hydrogens is 806 g/mol. The Kier molecular flexibility index (Phi) is 46.3. The van der Waals surface area contributed by atoms with Gasteiger partial charge in [0.2, 0.25) is 0 Å². The van der Waals surface area contributed by atoms with Crippen molar-refractivity contribution >= 4 is 13.8 Å². The van der Waals surface area contributed by atoms with Crippen LogP contribution in [0.25, 0.3) is 0 Å². The van der Waals surface area contributed by atoms with Gasteiger partial charge in [-0.3, -0.25) is 13.8 Å². The number of phosphoric acid groups is 1. The second-order valence-corrected chi connectivity index (χ2v) is 20.7. The Morgan fingerprint density at radius 1 is 0.492 bits per heavy atom. The molecule has 0 fully saturated rings. The summed E-state index contributed by atoms with van der Waals surface area (Å²) in [5.74, 6) is -0.324. The highest BCUT2D eigenvalue weighted by molar-refractivity contribution is 7.47. The molecule has 8 nitrogen and oxygen atoms in total. The molecule has 0 spiro atoms. The summed E-state index contributed by atoms with van der Waals surface area (Å²) in [5.41, 5.74) is 0. The summed E-state index contributed by atoms with van der Waals surface area (Å²) < 4.78 is 35.1. The van der Waals surface area contributed by atoms with E-state index in [1.807, 2.05) is 21.1 Å². The van der Waals surface area contributed by atoms with Crippen molar-refractivity contribution in [2.45, 2.75) is 251 Å². The number of carbonyl (C=O) groups excluding carboxylic acids is 1. The predicted molar refractivity (Wildman–Crippen MR) is 270 cm³/mol. The lowest BCUT2D eigenvalue weighted by atomic mass is 10.0. The average Bonchev–Trinajstić information content (AvgIpc) is 3.24. The van der Waals surface area contributed by atoms with Crippen LogP contribution in [0.4, 0.5) is 0 Å². The number of hydrogen-bond acceptors (Lipinski definition) is 6. The van der Waals surface area contributed by atoms with E-state index in [1.54, 1.807) is 0 Å². The van der Waals surface area contributed by atoms with Gasteiger partial charge in [-0.2, -0.15) is 0 Å². The number of carbonyl (C=O) groups is 1. The van der Waals surface area contributed by atoms with Crippen LogP contribution < -0.4 is 0 Å². The van der Waals surface area contributed by atoms with Crippen LogP contribution in [0.1, 0.15) is 245 Å². The molecule has 372 valence electrons. The molecule has 0 aliphatic carbocycles. The largest absolute Gasteiger partial charge is 0.472 e. The number of nitrogens with zero attached hydrogens (tertiary/aromatic N) is 1. The maximum Gasteiger partial charge on any atom is 0.472 e. The molecule has 2 atom stereocenters. The number of unbranched alkanes of at least 4 members (excludes halogenated alkanes) is 30. The highest BCUT2D eigenvalue weighted by Gasteiger charge is 2.26. The number of likely N-dealkylation sites (N-methyl/N-ethyl adjacent to an activating group) is 1. The van der Waals surface area contributed by atoms with Crippen LogP contribution in [0, 0.1) is 0 Å². The van der Waals surface area contributed by atoms with E-state index in [2.05, 4.69) is 50.3 Å². The van der Waals surface area contributed by atoms with Crippen molar-refractivity contribution in [1.29, 1.82) is 0 Å². The summed E-state index contributed by atoms with van der Waals surface area (Å²) in [7, 11) is 1.66. The highest BCUT2D eigenvalue weighted by atomic mass is 31.2. The van der Waals surface area contributed by atoms with Gasteiger partial charge in [-0.1, -0.05) is 204 Å². The lowest BCUT2D eigenvalue weighted by Crippen LogP contribution is -2.37. The molecule has 2 unspecified atom stereocenters. The summed E-state index contributed by atoms with van der Waals surface area (Å²) in [4.78, 5) is 23.0. The molecule has 0 heterocycles. The van der Waals surface area contributed by atoms with Crippen molar-refractivity contribution in [3.8, 4) is 0 Å². The van der Waals surface area contributed by atoms with Crippen LogP contribution in [0.2, 0.25) is 0 Å². The number of allylic oxidation sites excluding steroid dienone is 6. The second kappa shape index (κ2) is 47.2. The van der Waals surface area contributed by atoms with Gasteiger partial charge in [0.1, 0.15) is 19.3 Å². The first-order chi connectivity index (χ1) is 30.6. The zero-order chi connectivity index (χ0) is 46.2. The molecule has 1 N–H and O–H groups in total. The first-order valence-corrected chi connectivity index (χ1v) is 28.2. The summed E-state index contributed by atoms with van der Waals surface area (Å²) in [5, 5.41) is 0. The van der Waals surface area contributed by atoms with Crippen LogP contribution in [-0.2, 0) is 27.9 Å². The molecule has 0 amide bonds. The van der Waals surface area contributed by atoms with Gasteiger partial charge in [0, 0.05) is 13.0 Å². The van der Waals surface area contributed by atoms with Gasteiger partial charge >= 0.3 is 13.8 Å². The summed E-state index contributed by atoms with van der Waals surface area (Å²) >= 11 is 0. The Balaban J connectivity index is 4.05. The van der Waals surface area contributed by atoms with Crippen LogP contribution in [0.3, 0.4) is 0 Å². The molecule has 0 aromatic rings. The van der Waals surface area contributed by atoms with Crippen molar-refractivity contribution in [3.05, 3.63) is 36.5 Å². The van der Waals surface area contributed by atoms with Crippen molar-refractivity contribution in [2.24, 2.45) is 0 Å². The molecule has 0 saturated carbocycles. The van der Waals surface area contributed by atoms with Crippen molar-refractivity contribution in [2.75, 3.05) is 54.1 Å². The van der Waals surface area contributed by atoms with Crippen LogP contribution in [-0.4, -0.2) is 75.6 Å². The Hall–Kier alpha value is -1.28. The van der Waals surface area contributed by atoms with Gasteiger partial charge in [0.05, 0.1) is 34.4 Å². The third-order valence-corrected chi connectivity index (χ3v) is 12.7. The van der Waals surface area contributed by atoms with Crippen LogP contribution in [0.15, 0.2) is 36.5 Å². The van der Waals surface area contributed by atoms with E-state index < -0.39 is 13.9 Å². The first kappa shape index (κ1) is 61.7. The molecule has 0 aliphatic heterocycles. The number of rotatable bonds is 50. The fourth-order valence-corrected chi connectivity index (χ4v) is 8.26. The number of ether oxygens (including phenoxy) is 2. The van der Waals surface area contributed by atoms with Gasteiger partial charge in [-0.05, 0) is 70.6 Å². The number of esters is 1. The third-order valence-electron chi connectivity index (χ3n) is 11.7. The minimum Gasteiger partial charge on any atom is -0.457 e. The molecule has 0 saturated heterocycles. The van der Waals surface area contributed by atoms with Gasteiger partial charge in [0.25, 0.3) is 0 Å². The Labute approximate surface area is 391 Å². The summed E-state index contributed by atoms with van der Waals surface area (Å²) in [6.45, 7) is 5.61. The lowest BCUT2D eigenvalue weighted by molar-refractivity contribution is -0.870. The Bertz CT molecular complexity index is 1100. The fourth-order valence-electron chi connectivity index (χ4n) is 7.52. The van der Waals surface area contributed by atoms with Crippen molar-refractivity contribution in [1.82, 2.24) is 0 Å². The first-order valence-electron chi connectivity index (χ1n) is 26.7. The van der Waals surface area contributed by atoms with E-state index in [1.165, 1.54) is 167 Å². The molecule has 0 radical (unpaired) electrons. The second-order valence-electron chi connectivity index (χ2n) is 19.3. The van der Waals surface area contributed by atoms with E-state index in [0.29, 0.717) is 24.1 Å². The summed E-state index contributed by atoms with van der Waals surface area (Å²) in [6.07, 6.45) is 57.7. The smallest absolute Gasteiger partial charge is 0.457 e. The van der Waals surface area contributed by atoms with Gasteiger partial charge in [0.15, 0.2) is 0 Å². The number of phosphoric ester groups is 1. The number of quaternary nitrogens is 1. The van der Waals surface area contributed by atoms with Gasteiger partial charge in [-0.25, -0.2) is 4.57 Å². The van der Waals surface area contributed by atoms with Crippen molar-refractivity contribution < 1.29 is 37.3 Å². The Morgan fingerprint density at radius 2 is 0.873 bits per heavy atom. The average molecular weight is 911 g/mol. The monoisotopic (exact) mass is 911 g/mol. The summed E-state index contributed by atoms with van der Waals surface area (Å²) in [6, 6.07) is 0. The maximum absolute atomic E-state index is 12.7. The zero-order valence-electron chi connectivity index (χ0n) is 42.3. The van der Waals surface area contributed by atoms with Crippen LogP contribution >= 0.6 is 7.82 Å². The van der Waals surface area contributed by atoms with E-state index in [-0.39, 0.29) is 25.8 Å². The molecule has 0 rings (SSSR count). The Morgan fingerprint density at radius 3 is 1.33 bits per heavy atom. The number of hydrogen-bond donors (Lipinski definition) is 1. The van der Waals surface area contributed by atoms with E-state index in [0.717, 1.165) is 57.8 Å².